The van der Waals surface area contributed by atoms with Crippen LogP contribution in [0.3, 0.4) is 0 Å². The van der Waals surface area contributed by atoms with Gasteiger partial charge in [-0.2, -0.15) is 0 Å². The lowest BCUT2D eigenvalue weighted by Gasteiger charge is -2.08. The van der Waals surface area contributed by atoms with Gasteiger partial charge in [-0.25, -0.2) is 17.9 Å². The predicted octanol–water partition coefficient (Wildman–Crippen LogP) is 4.37. The molecule has 1 aromatic heterocycles. The number of para-hydroxylation sites is 1. The molecule has 3 aromatic carbocycles. The summed E-state index contributed by atoms with van der Waals surface area (Å²) in [4.78, 5) is 24.7. The van der Waals surface area contributed by atoms with Crippen LogP contribution in [0.5, 0.6) is 0 Å². The standard InChI is InChI=1S/C26H22N2O6S/c29-25(28-22-5-2-1-3-6-22)20-10-8-19(9-11-20)18-34-26(30)21-12-14-24(15-13-21)35(31,32)27-17-23-7-4-16-33-23/h1-16,27H,17-18H2,(H,28,29). The molecule has 9 heteroatoms. The minimum absolute atomic E-state index is 0.00414. The topological polar surface area (TPSA) is 115 Å². The van der Waals surface area contributed by atoms with Crippen molar-refractivity contribution in [1.82, 2.24) is 4.72 Å². The molecule has 0 saturated heterocycles. The second kappa shape index (κ2) is 10.8. The van der Waals surface area contributed by atoms with E-state index in [1.54, 1.807) is 48.5 Å². The van der Waals surface area contributed by atoms with Gasteiger partial charge in [0.1, 0.15) is 12.4 Å². The van der Waals surface area contributed by atoms with E-state index in [0.717, 1.165) is 0 Å². The van der Waals surface area contributed by atoms with Crippen molar-refractivity contribution in [3.05, 3.63) is 120 Å². The maximum absolute atomic E-state index is 12.4. The molecule has 1 amide bonds. The number of furan rings is 1. The largest absolute Gasteiger partial charge is 0.468 e. The molecule has 4 aromatic rings. The van der Waals surface area contributed by atoms with Gasteiger partial charge in [0.05, 0.1) is 23.3 Å². The number of esters is 1. The van der Waals surface area contributed by atoms with Crippen molar-refractivity contribution >= 4 is 27.6 Å². The minimum Gasteiger partial charge on any atom is -0.468 e. The molecule has 0 aliphatic carbocycles. The average Bonchev–Trinajstić information content (AvgIpc) is 3.41. The highest BCUT2D eigenvalue weighted by Crippen LogP contribution is 2.14. The van der Waals surface area contributed by atoms with Crippen LogP contribution >= 0.6 is 0 Å². The van der Waals surface area contributed by atoms with Gasteiger partial charge in [0.15, 0.2) is 0 Å². The van der Waals surface area contributed by atoms with E-state index in [4.69, 9.17) is 9.15 Å². The van der Waals surface area contributed by atoms with Crippen LogP contribution in [0.25, 0.3) is 0 Å². The molecule has 0 unspecified atom stereocenters. The van der Waals surface area contributed by atoms with Gasteiger partial charge in [0, 0.05) is 11.3 Å². The Morgan fingerprint density at radius 3 is 2.14 bits per heavy atom. The molecule has 0 atom stereocenters. The molecule has 35 heavy (non-hydrogen) atoms. The van der Waals surface area contributed by atoms with E-state index in [2.05, 4.69) is 10.0 Å². The van der Waals surface area contributed by atoms with Gasteiger partial charge in [-0.1, -0.05) is 30.3 Å². The lowest BCUT2D eigenvalue weighted by Crippen LogP contribution is -2.23. The fraction of sp³-hybridized carbons (Fsp3) is 0.0769. The molecule has 0 aliphatic rings. The zero-order valence-electron chi connectivity index (χ0n) is 18.5. The molecule has 2 N–H and O–H groups in total. The van der Waals surface area contributed by atoms with Crippen molar-refractivity contribution in [2.75, 3.05) is 5.32 Å². The van der Waals surface area contributed by atoms with Gasteiger partial charge >= 0.3 is 5.97 Å². The van der Waals surface area contributed by atoms with E-state index >= 15 is 0 Å². The van der Waals surface area contributed by atoms with Crippen molar-refractivity contribution < 1.29 is 27.2 Å². The van der Waals surface area contributed by atoms with E-state index in [-0.39, 0.29) is 29.5 Å². The van der Waals surface area contributed by atoms with Crippen molar-refractivity contribution in [2.45, 2.75) is 18.0 Å². The summed E-state index contributed by atoms with van der Waals surface area (Å²) in [5, 5.41) is 2.80. The van der Waals surface area contributed by atoms with E-state index in [1.165, 1.54) is 30.5 Å². The Morgan fingerprint density at radius 1 is 0.800 bits per heavy atom. The normalized spacial score (nSPS) is 11.1. The fourth-order valence-corrected chi connectivity index (χ4v) is 4.14. The first-order chi connectivity index (χ1) is 16.9. The molecule has 0 saturated carbocycles. The fourth-order valence-electron chi connectivity index (χ4n) is 3.14. The summed E-state index contributed by atoms with van der Waals surface area (Å²) in [5.74, 6) is -0.351. The number of nitrogens with one attached hydrogen (secondary N) is 2. The summed E-state index contributed by atoms with van der Waals surface area (Å²) < 4.78 is 37.7. The van der Waals surface area contributed by atoms with Crippen molar-refractivity contribution in [2.24, 2.45) is 0 Å². The Labute approximate surface area is 202 Å². The van der Waals surface area contributed by atoms with Crippen LogP contribution in [-0.4, -0.2) is 20.3 Å². The van der Waals surface area contributed by atoms with Gasteiger partial charge in [0.25, 0.3) is 5.91 Å². The Balaban J connectivity index is 1.30. The monoisotopic (exact) mass is 490 g/mol. The number of carbonyl (C=O) groups excluding carboxylic acids is 2. The van der Waals surface area contributed by atoms with Crippen LogP contribution < -0.4 is 10.0 Å². The van der Waals surface area contributed by atoms with E-state index in [9.17, 15) is 18.0 Å². The molecule has 0 radical (unpaired) electrons. The van der Waals surface area contributed by atoms with Gasteiger partial charge in [0.2, 0.25) is 10.0 Å². The van der Waals surface area contributed by atoms with Gasteiger partial charge in [-0.05, 0) is 66.2 Å². The summed E-state index contributed by atoms with van der Waals surface area (Å²) in [6.45, 7) is 0.0238. The first kappa shape index (κ1) is 23.9. The highest BCUT2D eigenvalue weighted by atomic mass is 32.2. The van der Waals surface area contributed by atoms with Crippen LogP contribution in [0.2, 0.25) is 0 Å². The van der Waals surface area contributed by atoms with Gasteiger partial charge in [-0.15, -0.1) is 0 Å². The molecule has 0 aliphatic heterocycles. The summed E-state index contributed by atoms with van der Waals surface area (Å²) in [6.07, 6.45) is 1.46. The third-order valence-electron chi connectivity index (χ3n) is 5.03. The highest BCUT2D eigenvalue weighted by Gasteiger charge is 2.16. The third-order valence-corrected chi connectivity index (χ3v) is 6.45. The molecule has 0 fully saturated rings. The molecule has 0 bridgehead atoms. The molecule has 4 rings (SSSR count). The van der Waals surface area contributed by atoms with Crippen LogP contribution in [0.4, 0.5) is 5.69 Å². The summed E-state index contributed by atoms with van der Waals surface area (Å²) in [7, 11) is -3.76. The number of anilines is 1. The zero-order valence-corrected chi connectivity index (χ0v) is 19.3. The lowest BCUT2D eigenvalue weighted by molar-refractivity contribution is 0.0472. The second-order valence-electron chi connectivity index (χ2n) is 7.52. The third kappa shape index (κ3) is 6.44. The molecular formula is C26H22N2O6S. The number of sulfonamides is 1. The average molecular weight is 491 g/mol. The van der Waals surface area contributed by atoms with Crippen molar-refractivity contribution in [3.63, 3.8) is 0 Å². The van der Waals surface area contributed by atoms with E-state index in [0.29, 0.717) is 22.6 Å². The SMILES string of the molecule is O=C(Nc1ccccc1)c1ccc(COC(=O)c2ccc(S(=O)(=O)NCc3ccco3)cc2)cc1. The maximum atomic E-state index is 12.4. The molecule has 1 heterocycles. The maximum Gasteiger partial charge on any atom is 0.338 e. The number of hydrogen-bond donors (Lipinski definition) is 2. The van der Waals surface area contributed by atoms with Gasteiger partial charge < -0.3 is 14.5 Å². The Kier molecular flexibility index (Phi) is 7.39. The first-order valence-corrected chi connectivity index (χ1v) is 12.1. The Morgan fingerprint density at radius 2 is 1.49 bits per heavy atom. The summed E-state index contributed by atoms with van der Waals surface area (Å²) in [6, 6.07) is 24.6. The number of amides is 1. The van der Waals surface area contributed by atoms with Crippen LogP contribution in [0, 0.1) is 0 Å². The number of hydrogen-bond acceptors (Lipinski definition) is 6. The van der Waals surface area contributed by atoms with Crippen molar-refractivity contribution in [1.29, 1.82) is 0 Å². The lowest BCUT2D eigenvalue weighted by atomic mass is 10.1. The molecule has 0 spiro atoms. The van der Waals surface area contributed by atoms with Crippen molar-refractivity contribution in [3.8, 4) is 0 Å². The molecule has 8 nitrogen and oxygen atoms in total. The van der Waals surface area contributed by atoms with Crippen LogP contribution in [-0.2, 0) is 27.9 Å². The Bertz CT molecular complexity index is 1380. The highest BCUT2D eigenvalue weighted by molar-refractivity contribution is 7.89. The number of carbonyl (C=O) groups is 2. The number of ether oxygens (including phenoxy) is 1. The number of benzene rings is 3. The van der Waals surface area contributed by atoms with Gasteiger partial charge in [-0.3, -0.25) is 4.79 Å². The van der Waals surface area contributed by atoms with E-state index in [1.807, 2.05) is 18.2 Å². The summed E-state index contributed by atoms with van der Waals surface area (Å²) in [5.41, 5.74) is 2.09. The number of rotatable bonds is 9. The predicted molar refractivity (Wildman–Crippen MR) is 129 cm³/mol. The smallest absolute Gasteiger partial charge is 0.338 e. The quantitative estimate of drug-likeness (QED) is 0.337. The van der Waals surface area contributed by atoms with E-state index < -0.39 is 16.0 Å². The first-order valence-electron chi connectivity index (χ1n) is 10.7. The molecular weight excluding hydrogens is 468 g/mol. The second-order valence-corrected chi connectivity index (χ2v) is 9.29. The summed E-state index contributed by atoms with van der Waals surface area (Å²) >= 11 is 0. The molecule has 178 valence electrons. The zero-order chi connectivity index (χ0) is 24.7. The Hall–Kier alpha value is -4.21. The van der Waals surface area contributed by atoms with Crippen LogP contribution in [0.15, 0.2) is 107 Å². The minimum atomic E-state index is -3.76. The van der Waals surface area contributed by atoms with Crippen LogP contribution in [0.1, 0.15) is 32.0 Å².